The van der Waals surface area contributed by atoms with E-state index in [1.54, 1.807) is 19.1 Å². The first-order valence-electron chi connectivity index (χ1n) is 7.70. The van der Waals surface area contributed by atoms with Gasteiger partial charge in [0.15, 0.2) is 0 Å². The van der Waals surface area contributed by atoms with Crippen LogP contribution in [0.1, 0.15) is 34.2 Å². The molecule has 128 valence electrons. The smallest absolute Gasteiger partial charge is 0.348 e. The molecule has 1 N–H and O–H groups in total. The summed E-state index contributed by atoms with van der Waals surface area (Å²) in [4.78, 5) is 22.7. The van der Waals surface area contributed by atoms with Gasteiger partial charge in [-0.15, -0.1) is 0 Å². The fraction of sp³-hybridized carbons (Fsp3) is 0.211. The highest BCUT2D eigenvalue weighted by Crippen LogP contribution is 2.23. The lowest BCUT2D eigenvalue weighted by atomic mass is 10.1. The van der Waals surface area contributed by atoms with E-state index in [1.807, 2.05) is 30.6 Å². The van der Waals surface area contributed by atoms with Gasteiger partial charge >= 0.3 is 11.9 Å². The highest BCUT2D eigenvalue weighted by Gasteiger charge is 2.14. The second-order valence-corrected chi connectivity index (χ2v) is 5.40. The summed E-state index contributed by atoms with van der Waals surface area (Å²) >= 11 is 0. The second kappa shape index (κ2) is 7.49. The number of nitriles is 1. The van der Waals surface area contributed by atoms with Crippen molar-refractivity contribution < 1.29 is 19.4 Å². The van der Waals surface area contributed by atoms with Gasteiger partial charge in [-0.25, -0.2) is 9.59 Å². The Hall–Kier alpha value is -3.33. The molecule has 0 amide bonds. The van der Waals surface area contributed by atoms with Crippen LogP contribution in [0.2, 0.25) is 0 Å². The number of aromatic nitrogens is 1. The summed E-state index contributed by atoms with van der Waals surface area (Å²) in [5.41, 5.74) is 3.40. The molecule has 6 nitrogen and oxygen atoms in total. The van der Waals surface area contributed by atoms with E-state index in [0.29, 0.717) is 0 Å². The van der Waals surface area contributed by atoms with E-state index < -0.39 is 11.9 Å². The van der Waals surface area contributed by atoms with Crippen LogP contribution in [0.3, 0.4) is 0 Å². The Morgan fingerprint density at radius 2 is 1.92 bits per heavy atom. The number of hydrogen-bond donors (Lipinski definition) is 1. The number of carbonyl (C=O) groups is 2. The number of aryl methyl sites for hydroxylation is 1. The van der Waals surface area contributed by atoms with Crippen LogP contribution in [0.4, 0.5) is 0 Å². The fourth-order valence-electron chi connectivity index (χ4n) is 2.59. The number of ether oxygens (including phenoxy) is 1. The minimum atomic E-state index is -0.982. The Morgan fingerprint density at radius 3 is 2.44 bits per heavy atom. The maximum Gasteiger partial charge on any atom is 0.348 e. The average Bonchev–Trinajstić information content (AvgIpc) is 2.86. The molecule has 0 aliphatic carbocycles. The molecule has 0 aliphatic rings. The van der Waals surface area contributed by atoms with Crippen molar-refractivity contribution in [3.63, 3.8) is 0 Å². The maximum atomic E-state index is 11.8. The lowest BCUT2D eigenvalue weighted by Gasteiger charge is -2.10. The summed E-state index contributed by atoms with van der Waals surface area (Å²) in [7, 11) is 0. The molecule has 6 heteroatoms. The van der Waals surface area contributed by atoms with Crippen LogP contribution in [0.25, 0.3) is 11.8 Å². The van der Waals surface area contributed by atoms with Crippen LogP contribution < -0.4 is 0 Å². The van der Waals surface area contributed by atoms with E-state index in [4.69, 9.17) is 15.1 Å². The van der Waals surface area contributed by atoms with Gasteiger partial charge in [0.2, 0.25) is 0 Å². The van der Waals surface area contributed by atoms with E-state index in [1.165, 1.54) is 18.2 Å². The normalized spacial score (nSPS) is 11.0. The van der Waals surface area contributed by atoms with Crippen LogP contribution in [-0.4, -0.2) is 28.2 Å². The van der Waals surface area contributed by atoms with Crippen molar-refractivity contribution in [1.29, 1.82) is 5.26 Å². The van der Waals surface area contributed by atoms with Crippen molar-refractivity contribution >= 4 is 18.0 Å². The van der Waals surface area contributed by atoms with Gasteiger partial charge in [-0.2, -0.15) is 5.26 Å². The molecule has 0 saturated heterocycles. The van der Waals surface area contributed by atoms with E-state index in [-0.39, 0.29) is 17.7 Å². The standard InChI is InChI=1S/C19H18N2O4/c1-4-25-19(24)16(11-20)10-15-9-12(2)21(13(15)3)17-7-5-14(6-8-17)18(22)23/h5-10H,4H2,1-3H3,(H,22,23)/b16-10+. The van der Waals surface area contributed by atoms with Crippen molar-refractivity contribution in [2.45, 2.75) is 20.8 Å². The predicted octanol–water partition coefficient (Wildman–Crippen LogP) is 3.26. The molecule has 0 unspecified atom stereocenters. The zero-order chi connectivity index (χ0) is 18.6. The molecule has 0 aliphatic heterocycles. The zero-order valence-corrected chi connectivity index (χ0v) is 14.2. The Kier molecular flexibility index (Phi) is 5.40. The van der Waals surface area contributed by atoms with Gasteiger partial charge in [0, 0.05) is 17.1 Å². The first kappa shape index (κ1) is 18.0. The maximum absolute atomic E-state index is 11.8. The Balaban J connectivity index is 2.46. The summed E-state index contributed by atoms with van der Waals surface area (Å²) in [6.07, 6.45) is 1.50. The quantitative estimate of drug-likeness (QED) is 0.513. The molecule has 0 fully saturated rings. The third-order valence-electron chi connectivity index (χ3n) is 3.76. The molecule has 0 atom stereocenters. The molecule has 25 heavy (non-hydrogen) atoms. The largest absolute Gasteiger partial charge is 0.478 e. The fourth-order valence-corrected chi connectivity index (χ4v) is 2.59. The number of benzene rings is 1. The third kappa shape index (κ3) is 3.78. The number of rotatable bonds is 5. The van der Waals surface area contributed by atoms with Crippen LogP contribution in [0.5, 0.6) is 0 Å². The Bertz CT molecular complexity index is 883. The summed E-state index contributed by atoms with van der Waals surface area (Å²) in [6, 6.07) is 10.2. The predicted molar refractivity (Wildman–Crippen MR) is 92.4 cm³/mol. The Labute approximate surface area is 145 Å². The summed E-state index contributed by atoms with van der Waals surface area (Å²) in [5, 5.41) is 18.2. The number of hydrogen-bond acceptors (Lipinski definition) is 4. The van der Waals surface area contributed by atoms with Crippen LogP contribution in [0, 0.1) is 25.2 Å². The molecule has 0 saturated carbocycles. The first-order chi connectivity index (χ1) is 11.9. The highest BCUT2D eigenvalue weighted by molar-refractivity contribution is 5.98. The minimum Gasteiger partial charge on any atom is -0.478 e. The average molecular weight is 338 g/mol. The number of nitrogens with zero attached hydrogens (tertiary/aromatic N) is 2. The molecule has 2 rings (SSSR count). The summed E-state index contributed by atoms with van der Waals surface area (Å²) in [6.45, 7) is 5.64. The number of carbonyl (C=O) groups excluding carboxylic acids is 1. The van der Waals surface area contributed by atoms with E-state index >= 15 is 0 Å². The lowest BCUT2D eigenvalue weighted by Crippen LogP contribution is -2.06. The van der Waals surface area contributed by atoms with Crippen molar-refractivity contribution in [3.05, 3.63) is 58.4 Å². The topological polar surface area (TPSA) is 92.3 Å². The van der Waals surface area contributed by atoms with Gasteiger partial charge in [0.25, 0.3) is 0 Å². The molecule has 2 aromatic rings. The first-order valence-corrected chi connectivity index (χ1v) is 7.70. The summed E-state index contributed by atoms with van der Waals surface area (Å²) < 4.78 is 6.80. The van der Waals surface area contributed by atoms with Crippen LogP contribution in [0.15, 0.2) is 35.9 Å². The second-order valence-electron chi connectivity index (χ2n) is 5.40. The van der Waals surface area contributed by atoms with Gasteiger partial charge in [-0.3, -0.25) is 0 Å². The van der Waals surface area contributed by atoms with Crippen molar-refractivity contribution in [3.8, 4) is 11.8 Å². The number of carboxylic acids is 1. The third-order valence-corrected chi connectivity index (χ3v) is 3.76. The SMILES string of the molecule is CCOC(=O)/C(C#N)=C/c1cc(C)n(-c2ccc(C(=O)O)cc2)c1C. The Morgan fingerprint density at radius 1 is 1.28 bits per heavy atom. The summed E-state index contributed by atoms with van der Waals surface area (Å²) in [5.74, 6) is -1.63. The zero-order valence-electron chi connectivity index (χ0n) is 14.2. The number of carboxylic acid groups (broad SMARTS) is 1. The number of aromatic carboxylic acids is 1. The molecule has 0 radical (unpaired) electrons. The minimum absolute atomic E-state index is 0.0664. The van der Waals surface area contributed by atoms with Gasteiger partial charge in [-0.1, -0.05) is 0 Å². The molecule has 1 aromatic heterocycles. The van der Waals surface area contributed by atoms with Crippen molar-refractivity contribution in [2.24, 2.45) is 0 Å². The van der Waals surface area contributed by atoms with Gasteiger partial charge in [0.05, 0.1) is 12.2 Å². The monoisotopic (exact) mass is 338 g/mol. The van der Waals surface area contributed by atoms with E-state index in [0.717, 1.165) is 22.6 Å². The molecule has 0 spiro atoms. The van der Waals surface area contributed by atoms with Crippen molar-refractivity contribution in [2.75, 3.05) is 6.61 Å². The molecular weight excluding hydrogens is 320 g/mol. The van der Waals surface area contributed by atoms with Gasteiger partial charge in [-0.05, 0) is 62.7 Å². The van der Waals surface area contributed by atoms with Crippen molar-refractivity contribution in [1.82, 2.24) is 4.57 Å². The van der Waals surface area contributed by atoms with Crippen LogP contribution >= 0.6 is 0 Å². The highest BCUT2D eigenvalue weighted by atomic mass is 16.5. The molecule has 0 bridgehead atoms. The van der Waals surface area contributed by atoms with Gasteiger partial charge < -0.3 is 14.4 Å². The van der Waals surface area contributed by atoms with E-state index in [9.17, 15) is 9.59 Å². The molecule has 1 aromatic carbocycles. The van der Waals surface area contributed by atoms with Crippen LogP contribution in [-0.2, 0) is 9.53 Å². The molecule has 1 heterocycles. The van der Waals surface area contributed by atoms with E-state index in [2.05, 4.69) is 0 Å². The number of esters is 1. The lowest BCUT2D eigenvalue weighted by molar-refractivity contribution is -0.137. The molecular formula is C19H18N2O4. The van der Waals surface area contributed by atoms with Gasteiger partial charge in [0.1, 0.15) is 11.6 Å².